The van der Waals surface area contributed by atoms with Gasteiger partial charge in [0, 0.05) is 32.7 Å². The molecule has 0 aliphatic rings. The summed E-state index contributed by atoms with van der Waals surface area (Å²) in [5.41, 5.74) is 4.79. The van der Waals surface area contributed by atoms with E-state index in [1.54, 1.807) is 23.1 Å². The van der Waals surface area contributed by atoms with E-state index >= 15 is 0 Å². The highest BCUT2D eigenvalue weighted by Crippen LogP contribution is 2.28. The topological polar surface area (TPSA) is 80.9 Å². The predicted molar refractivity (Wildman–Crippen MR) is 125 cm³/mol. The third-order valence-corrected chi connectivity index (χ3v) is 6.20. The number of aromatic nitrogens is 3. The minimum atomic E-state index is -0.204. The van der Waals surface area contributed by atoms with Crippen LogP contribution in [0.5, 0.6) is 0 Å². The lowest BCUT2D eigenvalue weighted by molar-refractivity contribution is 0.102. The fraction of sp³-hybridized carbons (Fsp3) is 0.217. The first kappa shape index (κ1) is 21.3. The molecule has 0 atom stereocenters. The normalized spacial score (nSPS) is 11.5. The first-order valence-electron chi connectivity index (χ1n) is 9.75. The van der Waals surface area contributed by atoms with E-state index < -0.39 is 0 Å². The molecule has 4 rings (SSSR count). The van der Waals surface area contributed by atoms with Crippen molar-refractivity contribution in [2.24, 2.45) is 0 Å². The maximum absolute atomic E-state index is 12.9. The number of nitrogens with zero attached hydrogens (tertiary/aromatic N) is 3. The first-order chi connectivity index (χ1) is 14.9. The Balaban J connectivity index is 1.45. The van der Waals surface area contributed by atoms with Crippen molar-refractivity contribution in [1.82, 2.24) is 15.1 Å². The van der Waals surface area contributed by atoms with E-state index in [4.69, 9.17) is 4.52 Å². The fourth-order valence-electron chi connectivity index (χ4n) is 2.79. The molecule has 0 spiro atoms. The Morgan fingerprint density at radius 3 is 2.58 bits per heavy atom. The van der Waals surface area contributed by atoms with Crippen LogP contribution in [-0.2, 0) is 11.2 Å². The van der Waals surface area contributed by atoms with Crippen LogP contribution < -0.4 is 5.32 Å². The molecule has 4 aromatic rings. The molecule has 31 heavy (non-hydrogen) atoms. The Bertz CT molecular complexity index is 1160. The molecule has 2 aromatic heterocycles. The van der Waals surface area contributed by atoms with Crippen molar-refractivity contribution in [2.45, 2.75) is 36.8 Å². The number of carbonyl (C=O) groups excluding carboxylic acids is 1. The monoisotopic (exact) mass is 450 g/mol. The summed E-state index contributed by atoms with van der Waals surface area (Å²) >= 11 is 3.17. The van der Waals surface area contributed by atoms with E-state index in [1.165, 1.54) is 0 Å². The maximum Gasteiger partial charge on any atom is 0.256 e. The average Bonchev–Trinajstić information content (AvgIpc) is 3.45. The molecule has 0 aliphatic heterocycles. The maximum atomic E-state index is 12.9. The molecule has 0 fully saturated rings. The summed E-state index contributed by atoms with van der Waals surface area (Å²) in [6.07, 6.45) is 0. The number of benzene rings is 2. The minimum Gasteiger partial charge on any atom is -0.338 e. The molecule has 158 valence electrons. The molecule has 0 saturated carbocycles. The quantitative estimate of drug-likeness (QED) is 0.361. The molecule has 6 nitrogen and oxygen atoms in total. The second kappa shape index (κ2) is 9.03. The lowest BCUT2D eigenvalue weighted by atomic mass is 9.97. The van der Waals surface area contributed by atoms with Crippen molar-refractivity contribution in [1.29, 1.82) is 0 Å². The van der Waals surface area contributed by atoms with Crippen molar-refractivity contribution >= 4 is 34.7 Å². The van der Waals surface area contributed by atoms with Gasteiger partial charge in [-0.05, 0) is 36.4 Å². The molecule has 1 N–H and O–H groups in total. The first-order valence-corrected chi connectivity index (χ1v) is 11.7. The lowest BCUT2D eigenvalue weighted by Gasteiger charge is -2.10. The lowest BCUT2D eigenvalue weighted by Crippen LogP contribution is -2.13. The van der Waals surface area contributed by atoms with Crippen LogP contribution in [0.4, 0.5) is 5.69 Å². The molecule has 0 saturated heterocycles. The van der Waals surface area contributed by atoms with Crippen LogP contribution in [0.1, 0.15) is 42.7 Å². The van der Waals surface area contributed by atoms with Crippen molar-refractivity contribution in [3.63, 3.8) is 0 Å². The number of hydrogen-bond donors (Lipinski definition) is 1. The Morgan fingerprint density at radius 1 is 1.13 bits per heavy atom. The van der Waals surface area contributed by atoms with Gasteiger partial charge >= 0.3 is 0 Å². The molecule has 8 heteroatoms. The molecule has 0 bridgehead atoms. The van der Waals surface area contributed by atoms with Crippen LogP contribution in [0.2, 0.25) is 0 Å². The second-order valence-corrected chi connectivity index (χ2v) is 9.71. The third kappa shape index (κ3) is 5.21. The van der Waals surface area contributed by atoms with Gasteiger partial charge in [-0.3, -0.25) is 4.79 Å². The summed E-state index contributed by atoms with van der Waals surface area (Å²) < 4.78 is 5.36. The highest BCUT2D eigenvalue weighted by atomic mass is 32.2. The van der Waals surface area contributed by atoms with E-state index in [1.807, 2.05) is 80.2 Å². The van der Waals surface area contributed by atoms with Crippen molar-refractivity contribution in [3.05, 3.63) is 76.6 Å². The molecule has 2 aromatic carbocycles. The summed E-state index contributed by atoms with van der Waals surface area (Å²) in [5, 5.41) is 9.05. The Kier molecular flexibility index (Phi) is 6.20. The van der Waals surface area contributed by atoms with Gasteiger partial charge in [-0.15, -0.1) is 23.1 Å². The summed E-state index contributed by atoms with van der Waals surface area (Å²) in [5.74, 6) is 1.70. The highest BCUT2D eigenvalue weighted by molar-refractivity contribution is 7.98. The number of carbonyl (C=O) groups is 1. The summed E-state index contributed by atoms with van der Waals surface area (Å²) in [4.78, 5) is 22.6. The number of thioether (sulfide) groups is 1. The average molecular weight is 451 g/mol. The largest absolute Gasteiger partial charge is 0.338 e. The smallest absolute Gasteiger partial charge is 0.256 e. The number of nitrogens with one attached hydrogen (secondary N) is 1. The van der Waals surface area contributed by atoms with Gasteiger partial charge in [0.15, 0.2) is 0 Å². The van der Waals surface area contributed by atoms with Gasteiger partial charge in [0.05, 0.1) is 16.8 Å². The SMILES string of the molecule is CC(C)(C)c1nc(-c2ccc(NC(=O)c3ccccc3SCc3cscn3)cc2)no1. The van der Waals surface area contributed by atoms with Gasteiger partial charge in [-0.25, -0.2) is 4.98 Å². The third-order valence-electron chi connectivity index (χ3n) is 4.46. The van der Waals surface area contributed by atoms with Crippen molar-refractivity contribution in [3.8, 4) is 11.4 Å². The van der Waals surface area contributed by atoms with Crippen LogP contribution in [0.25, 0.3) is 11.4 Å². The Morgan fingerprint density at radius 2 is 1.90 bits per heavy atom. The number of hydrogen-bond acceptors (Lipinski definition) is 7. The second-order valence-electron chi connectivity index (χ2n) is 7.97. The van der Waals surface area contributed by atoms with E-state index in [-0.39, 0.29) is 11.3 Å². The van der Waals surface area contributed by atoms with Crippen LogP contribution >= 0.6 is 23.1 Å². The van der Waals surface area contributed by atoms with Gasteiger partial charge in [-0.1, -0.05) is 38.1 Å². The Labute approximate surface area is 189 Å². The zero-order chi connectivity index (χ0) is 21.8. The van der Waals surface area contributed by atoms with Crippen LogP contribution in [0, 0.1) is 0 Å². The van der Waals surface area contributed by atoms with Crippen LogP contribution in [-0.4, -0.2) is 21.0 Å². The molecular formula is C23H22N4O2S2. The number of amides is 1. The van der Waals surface area contributed by atoms with E-state index in [9.17, 15) is 4.79 Å². The zero-order valence-electron chi connectivity index (χ0n) is 17.5. The van der Waals surface area contributed by atoms with Gasteiger partial charge in [0.25, 0.3) is 5.91 Å². The predicted octanol–water partition coefficient (Wildman–Crippen LogP) is 6.04. The van der Waals surface area contributed by atoms with Crippen LogP contribution in [0.3, 0.4) is 0 Å². The van der Waals surface area contributed by atoms with E-state index in [2.05, 4.69) is 20.4 Å². The van der Waals surface area contributed by atoms with Crippen molar-refractivity contribution in [2.75, 3.05) is 5.32 Å². The standard InChI is InChI=1S/C23H22N4O2S2/c1-23(2,3)22-26-20(27-29-22)15-8-10-16(11-9-15)25-21(28)18-6-4-5-7-19(18)31-13-17-12-30-14-24-17/h4-12,14H,13H2,1-3H3,(H,25,28). The molecule has 2 heterocycles. The molecule has 1 amide bonds. The van der Waals surface area contributed by atoms with Gasteiger partial charge < -0.3 is 9.84 Å². The molecular weight excluding hydrogens is 428 g/mol. The number of anilines is 1. The van der Waals surface area contributed by atoms with Gasteiger partial charge in [0.2, 0.25) is 11.7 Å². The number of thiazole rings is 1. The highest BCUT2D eigenvalue weighted by Gasteiger charge is 2.22. The number of rotatable bonds is 6. The zero-order valence-corrected chi connectivity index (χ0v) is 19.1. The van der Waals surface area contributed by atoms with E-state index in [0.717, 1.165) is 21.9 Å². The molecule has 0 unspecified atom stereocenters. The molecule has 0 radical (unpaired) electrons. The van der Waals surface area contributed by atoms with Gasteiger partial charge in [0.1, 0.15) is 0 Å². The Hall–Kier alpha value is -2.97. The minimum absolute atomic E-state index is 0.149. The summed E-state index contributed by atoms with van der Waals surface area (Å²) in [6, 6.07) is 15.0. The van der Waals surface area contributed by atoms with Crippen LogP contribution in [0.15, 0.2) is 68.8 Å². The fourth-order valence-corrected chi connectivity index (χ4v) is 4.40. The summed E-state index contributed by atoms with van der Waals surface area (Å²) in [6.45, 7) is 6.07. The van der Waals surface area contributed by atoms with Gasteiger partial charge in [-0.2, -0.15) is 4.98 Å². The van der Waals surface area contributed by atoms with E-state index in [0.29, 0.717) is 23.0 Å². The molecule has 0 aliphatic carbocycles. The van der Waals surface area contributed by atoms with Crippen molar-refractivity contribution < 1.29 is 9.32 Å². The summed E-state index contributed by atoms with van der Waals surface area (Å²) in [7, 11) is 0.